The first kappa shape index (κ1) is 15.4. The van der Waals surface area contributed by atoms with Gasteiger partial charge in [-0.2, -0.15) is 0 Å². The number of rotatable bonds is 6. The molecule has 1 rings (SSSR count). The summed E-state index contributed by atoms with van der Waals surface area (Å²) in [5.41, 5.74) is 4.74. The van der Waals surface area contributed by atoms with Gasteiger partial charge in [-0.1, -0.05) is 19.1 Å². The molecule has 18 heavy (non-hydrogen) atoms. The van der Waals surface area contributed by atoms with Crippen LogP contribution in [0.3, 0.4) is 0 Å². The maximum atomic E-state index is 12.3. The summed E-state index contributed by atoms with van der Waals surface area (Å²) in [5.74, 6) is 0.457. The number of hydrogen-bond acceptors (Lipinski definition) is 3. The summed E-state index contributed by atoms with van der Waals surface area (Å²) in [6.45, 7) is 9.04. The number of nitrogens with two attached hydrogens (primary N) is 1. The molecule has 3 N–H and O–H groups in total. The predicted octanol–water partition coefficient (Wildman–Crippen LogP) is 1.62. The van der Waals surface area contributed by atoms with Gasteiger partial charge < -0.3 is 15.8 Å². The van der Waals surface area contributed by atoms with Gasteiger partial charge in [-0.15, -0.1) is 0 Å². The maximum Gasteiger partial charge on any atom is 0.233 e. The Morgan fingerprint density at radius 1 is 1.56 bits per heavy atom. The van der Waals surface area contributed by atoms with Crippen LogP contribution in [-0.4, -0.2) is 29.6 Å². The van der Waals surface area contributed by atoms with E-state index in [0.717, 1.165) is 12.8 Å². The second kappa shape index (κ2) is 5.53. The Labute approximate surface area is 115 Å². The van der Waals surface area contributed by atoms with Gasteiger partial charge in [-0.05, 0) is 39.5 Å². The highest BCUT2D eigenvalue weighted by Crippen LogP contribution is 2.45. The standard InChI is InChI=1S/C13H24N2O2S/c1-5-17-12(3,4)8-15-11(16)13(10(14)18)6-9(2)7-13/h9H,5-8H2,1-4H3,(H2,14,18)(H,15,16). The molecule has 0 atom stereocenters. The molecule has 0 bridgehead atoms. The highest BCUT2D eigenvalue weighted by molar-refractivity contribution is 7.80. The van der Waals surface area contributed by atoms with Crippen LogP contribution in [0.25, 0.3) is 0 Å². The summed E-state index contributed by atoms with van der Waals surface area (Å²) in [6, 6.07) is 0. The topological polar surface area (TPSA) is 64.3 Å². The average Bonchev–Trinajstić information content (AvgIpc) is 2.20. The molecule has 0 aromatic rings. The van der Waals surface area contributed by atoms with Crippen LogP contribution < -0.4 is 11.1 Å². The predicted molar refractivity (Wildman–Crippen MR) is 76.3 cm³/mol. The number of carbonyl (C=O) groups is 1. The lowest BCUT2D eigenvalue weighted by atomic mass is 9.62. The van der Waals surface area contributed by atoms with Gasteiger partial charge in [0, 0.05) is 13.2 Å². The normalized spacial score (nSPS) is 27.4. The largest absolute Gasteiger partial charge is 0.392 e. The van der Waals surface area contributed by atoms with Gasteiger partial charge in [0.2, 0.25) is 5.91 Å². The minimum absolute atomic E-state index is 0.0547. The van der Waals surface area contributed by atoms with Crippen molar-refractivity contribution < 1.29 is 9.53 Å². The van der Waals surface area contributed by atoms with Crippen molar-refractivity contribution in [2.75, 3.05) is 13.2 Å². The molecule has 5 heteroatoms. The molecule has 0 aromatic carbocycles. The van der Waals surface area contributed by atoms with Crippen LogP contribution in [0.15, 0.2) is 0 Å². The molecule has 0 heterocycles. The van der Waals surface area contributed by atoms with Crippen LogP contribution >= 0.6 is 12.2 Å². The summed E-state index contributed by atoms with van der Waals surface area (Å²) < 4.78 is 5.55. The van der Waals surface area contributed by atoms with Crippen LogP contribution in [0.2, 0.25) is 0 Å². The molecule has 1 aliphatic rings. The summed E-state index contributed by atoms with van der Waals surface area (Å²) in [7, 11) is 0. The number of hydrogen-bond donors (Lipinski definition) is 2. The highest BCUT2D eigenvalue weighted by atomic mass is 32.1. The maximum absolute atomic E-state index is 12.3. The van der Waals surface area contributed by atoms with Crippen LogP contribution in [0.4, 0.5) is 0 Å². The van der Waals surface area contributed by atoms with E-state index in [1.54, 1.807) is 0 Å². The SMILES string of the molecule is CCOC(C)(C)CNC(=O)C1(C(N)=S)CC(C)C1. The van der Waals surface area contributed by atoms with Gasteiger partial charge in [-0.25, -0.2) is 0 Å². The number of carbonyl (C=O) groups excluding carboxylic acids is 1. The summed E-state index contributed by atoms with van der Waals surface area (Å²) >= 11 is 5.05. The van der Waals surface area contributed by atoms with E-state index in [4.69, 9.17) is 22.7 Å². The fourth-order valence-corrected chi connectivity index (χ4v) is 2.79. The monoisotopic (exact) mass is 272 g/mol. The van der Waals surface area contributed by atoms with Gasteiger partial charge in [0.25, 0.3) is 0 Å². The van der Waals surface area contributed by atoms with E-state index in [0.29, 0.717) is 24.1 Å². The third-order valence-electron chi connectivity index (χ3n) is 3.51. The van der Waals surface area contributed by atoms with Gasteiger partial charge in [0.05, 0.1) is 16.0 Å². The number of ether oxygens (including phenoxy) is 1. The van der Waals surface area contributed by atoms with Crippen molar-refractivity contribution in [2.45, 2.75) is 46.1 Å². The molecule has 1 fully saturated rings. The van der Waals surface area contributed by atoms with Crippen molar-refractivity contribution in [3.05, 3.63) is 0 Å². The Bertz CT molecular complexity index is 336. The minimum Gasteiger partial charge on any atom is -0.392 e. The first-order valence-corrected chi connectivity index (χ1v) is 6.86. The van der Waals surface area contributed by atoms with Crippen LogP contribution in [0, 0.1) is 11.3 Å². The van der Waals surface area contributed by atoms with E-state index in [1.807, 2.05) is 20.8 Å². The first-order chi connectivity index (χ1) is 8.23. The zero-order chi connectivity index (χ0) is 14.0. The first-order valence-electron chi connectivity index (χ1n) is 6.45. The number of nitrogens with one attached hydrogen (secondary N) is 1. The fraction of sp³-hybridized carbons (Fsp3) is 0.846. The van der Waals surface area contributed by atoms with Crippen molar-refractivity contribution in [1.82, 2.24) is 5.32 Å². The number of thiocarbonyl (C=S) groups is 1. The van der Waals surface area contributed by atoms with E-state index in [-0.39, 0.29) is 11.5 Å². The van der Waals surface area contributed by atoms with Crippen molar-refractivity contribution in [1.29, 1.82) is 0 Å². The van der Waals surface area contributed by atoms with E-state index in [1.165, 1.54) is 0 Å². The van der Waals surface area contributed by atoms with E-state index in [2.05, 4.69) is 12.2 Å². The Kier molecular flexibility index (Phi) is 4.72. The second-order valence-electron chi connectivity index (χ2n) is 5.84. The molecule has 1 amide bonds. The molecule has 0 radical (unpaired) electrons. The molecular weight excluding hydrogens is 248 g/mol. The Morgan fingerprint density at radius 3 is 2.50 bits per heavy atom. The van der Waals surface area contributed by atoms with Gasteiger partial charge in [0.1, 0.15) is 0 Å². The molecule has 0 unspecified atom stereocenters. The molecule has 0 aromatic heterocycles. The van der Waals surface area contributed by atoms with E-state index in [9.17, 15) is 4.79 Å². The number of amides is 1. The smallest absolute Gasteiger partial charge is 0.233 e. The molecule has 0 spiro atoms. The van der Waals surface area contributed by atoms with Gasteiger partial charge in [0.15, 0.2) is 0 Å². The highest BCUT2D eigenvalue weighted by Gasteiger charge is 2.50. The van der Waals surface area contributed by atoms with Crippen molar-refractivity contribution in [2.24, 2.45) is 17.1 Å². The lowest BCUT2D eigenvalue weighted by Gasteiger charge is -2.44. The molecule has 4 nitrogen and oxygen atoms in total. The Morgan fingerprint density at radius 2 is 2.11 bits per heavy atom. The summed E-state index contributed by atoms with van der Waals surface area (Å²) in [5, 5.41) is 2.92. The van der Waals surface area contributed by atoms with Crippen molar-refractivity contribution in [3.63, 3.8) is 0 Å². The second-order valence-corrected chi connectivity index (χ2v) is 6.27. The lowest BCUT2D eigenvalue weighted by Crippen LogP contribution is -2.57. The van der Waals surface area contributed by atoms with E-state index < -0.39 is 5.41 Å². The average molecular weight is 272 g/mol. The van der Waals surface area contributed by atoms with E-state index >= 15 is 0 Å². The molecule has 1 saturated carbocycles. The zero-order valence-corrected chi connectivity index (χ0v) is 12.5. The van der Waals surface area contributed by atoms with Crippen molar-refractivity contribution >= 4 is 23.1 Å². The fourth-order valence-electron chi connectivity index (χ4n) is 2.53. The van der Waals surface area contributed by atoms with Crippen molar-refractivity contribution in [3.8, 4) is 0 Å². The molecular formula is C13H24N2O2S. The van der Waals surface area contributed by atoms with Gasteiger partial charge in [-0.3, -0.25) is 4.79 Å². The van der Waals surface area contributed by atoms with Gasteiger partial charge >= 0.3 is 0 Å². The molecule has 1 aliphatic carbocycles. The summed E-state index contributed by atoms with van der Waals surface area (Å²) in [4.78, 5) is 12.6. The quantitative estimate of drug-likeness (QED) is 0.721. The Balaban J connectivity index is 2.57. The van der Waals surface area contributed by atoms with Crippen LogP contribution in [-0.2, 0) is 9.53 Å². The minimum atomic E-state index is -0.628. The molecule has 0 saturated heterocycles. The third kappa shape index (κ3) is 3.20. The Hall–Kier alpha value is -0.680. The molecule has 104 valence electrons. The zero-order valence-electron chi connectivity index (χ0n) is 11.7. The molecule has 0 aliphatic heterocycles. The summed E-state index contributed by atoms with van der Waals surface area (Å²) in [6.07, 6.45) is 1.51. The lowest BCUT2D eigenvalue weighted by molar-refractivity contribution is -0.134. The van der Waals surface area contributed by atoms with Crippen LogP contribution in [0.5, 0.6) is 0 Å². The van der Waals surface area contributed by atoms with Crippen LogP contribution in [0.1, 0.15) is 40.5 Å². The third-order valence-corrected chi connectivity index (χ3v) is 3.90.